The van der Waals surface area contributed by atoms with Crippen molar-refractivity contribution < 1.29 is 23.8 Å². The molecule has 0 spiro atoms. The first kappa shape index (κ1) is 30.7. The van der Waals surface area contributed by atoms with Crippen LogP contribution in [0.25, 0.3) is 0 Å². The fourth-order valence-corrected chi connectivity index (χ4v) is 5.44. The number of amides is 3. The van der Waals surface area contributed by atoms with Gasteiger partial charge < -0.3 is 29.7 Å². The van der Waals surface area contributed by atoms with E-state index in [1.807, 2.05) is 30.1 Å². The molecule has 3 amide bonds. The Bertz CT molecular complexity index is 1510. The third-order valence-corrected chi connectivity index (χ3v) is 8.00. The number of fused-ring (bicyclic) bond motifs is 1. The first-order chi connectivity index (χ1) is 21.3. The van der Waals surface area contributed by atoms with Crippen LogP contribution in [0.5, 0.6) is 17.2 Å². The van der Waals surface area contributed by atoms with Crippen molar-refractivity contribution in [2.45, 2.75) is 32.4 Å². The maximum Gasteiger partial charge on any atom is 0.343 e. The van der Waals surface area contributed by atoms with Gasteiger partial charge in [0.25, 0.3) is 5.91 Å². The summed E-state index contributed by atoms with van der Waals surface area (Å²) in [6, 6.07) is 10.8. The highest BCUT2D eigenvalue weighted by Gasteiger charge is 2.35. The van der Waals surface area contributed by atoms with Crippen molar-refractivity contribution in [2.24, 2.45) is 0 Å². The maximum atomic E-state index is 13.3. The molecule has 0 radical (unpaired) electrons. The van der Waals surface area contributed by atoms with Gasteiger partial charge in [-0.2, -0.15) is 4.98 Å². The number of likely N-dealkylation sites (tertiary alicyclic amines) is 1. The van der Waals surface area contributed by atoms with E-state index in [1.165, 1.54) is 4.90 Å². The lowest BCUT2D eigenvalue weighted by Crippen LogP contribution is -2.55. The van der Waals surface area contributed by atoms with Gasteiger partial charge in [-0.25, -0.2) is 14.8 Å². The van der Waals surface area contributed by atoms with Crippen LogP contribution in [-0.2, 0) is 6.54 Å². The molecule has 13 nitrogen and oxygen atoms in total. The van der Waals surface area contributed by atoms with Gasteiger partial charge in [-0.05, 0) is 75.8 Å². The van der Waals surface area contributed by atoms with E-state index in [0.29, 0.717) is 59.0 Å². The molecule has 0 unspecified atom stereocenters. The monoisotopic (exact) mass is 604 g/mol. The van der Waals surface area contributed by atoms with Crippen molar-refractivity contribution >= 4 is 35.1 Å². The number of methoxy groups -OCH3 is 3. The summed E-state index contributed by atoms with van der Waals surface area (Å²) < 4.78 is 16.5. The summed E-state index contributed by atoms with van der Waals surface area (Å²) >= 11 is 0. The SMILES string of the molecule is CCN1C(=O)N(C)c2cnc(Nc3ccc(C(=O)NC4CCN(C)CC4)cc3OC)nc2N1Cc1ccc(OC)c(OC)c1. The molecule has 5 rings (SSSR count). The zero-order chi connectivity index (χ0) is 31.4. The van der Waals surface area contributed by atoms with E-state index in [2.05, 4.69) is 27.6 Å². The highest BCUT2D eigenvalue weighted by molar-refractivity contribution is 5.98. The lowest BCUT2D eigenvalue weighted by molar-refractivity contribution is 0.0916. The molecule has 44 heavy (non-hydrogen) atoms. The molecule has 234 valence electrons. The first-order valence-electron chi connectivity index (χ1n) is 14.6. The number of hydrogen-bond acceptors (Lipinski definition) is 10. The summed E-state index contributed by atoms with van der Waals surface area (Å²) in [5, 5.41) is 9.84. The van der Waals surface area contributed by atoms with Crippen LogP contribution >= 0.6 is 0 Å². The normalized spacial score (nSPS) is 15.6. The van der Waals surface area contributed by atoms with Gasteiger partial charge in [0, 0.05) is 25.2 Å². The summed E-state index contributed by atoms with van der Waals surface area (Å²) in [6.45, 7) is 4.61. The number of hydrazine groups is 1. The molecule has 3 heterocycles. The third kappa shape index (κ3) is 6.27. The number of urea groups is 1. The molecule has 3 aromatic rings. The van der Waals surface area contributed by atoms with Crippen LogP contribution in [0.2, 0.25) is 0 Å². The summed E-state index contributed by atoms with van der Waals surface area (Å²) in [6.07, 6.45) is 3.47. The molecule has 2 aliphatic heterocycles. The number of nitrogens with one attached hydrogen (secondary N) is 2. The molecule has 1 fully saturated rings. The molecule has 0 aliphatic carbocycles. The van der Waals surface area contributed by atoms with Crippen LogP contribution in [0.4, 0.5) is 27.9 Å². The molecule has 13 heteroatoms. The lowest BCUT2D eigenvalue weighted by Gasteiger charge is -2.42. The van der Waals surface area contributed by atoms with Crippen molar-refractivity contribution in [1.29, 1.82) is 0 Å². The molecule has 2 aliphatic rings. The Hall–Kier alpha value is -4.78. The first-order valence-corrected chi connectivity index (χ1v) is 14.6. The minimum absolute atomic E-state index is 0.132. The van der Waals surface area contributed by atoms with E-state index in [9.17, 15) is 9.59 Å². The zero-order valence-corrected chi connectivity index (χ0v) is 26.1. The number of anilines is 4. The second kappa shape index (κ2) is 13.2. The number of carbonyl (C=O) groups excluding carboxylic acids is 2. The van der Waals surface area contributed by atoms with Crippen molar-refractivity contribution in [3.63, 3.8) is 0 Å². The molecule has 0 bridgehead atoms. The summed E-state index contributed by atoms with van der Waals surface area (Å²) in [5.41, 5.74) is 2.58. The van der Waals surface area contributed by atoms with Crippen LogP contribution in [0, 0.1) is 0 Å². The number of hydrogen-bond donors (Lipinski definition) is 2. The number of aromatic nitrogens is 2. The van der Waals surface area contributed by atoms with E-state index in [4.69, 9.17) is 19.2 Å². The van der Waals surface area contributed by atoms with Gasteiger partial charge in [-0.1, -0.05) is 6.07 Å². The number of carbonyl (C=O) groups is 2. The molecular weight excluding hydrogens is 564 g/mol. The summed E-state index contributed by atoms with van der Waals surface area (Å²) in [7, 11) is 8.52. The van der Waals surface area contributed by atoms with E-state index in [1.54, 1.807) is 57.8 Å². The number of rotatable bonds is 10. The number of piperidine rings is 1. The van der Waals surface area contributed by atoms with Gasteiger partial charge in [0.05, 0.1) is 39.8 Å². The molecule has 0 atom stereocenters. The fourth-order valence-electron chi connectivity index (χ4n) is 5.44. The van der Waals surface area contributed by atoms with Gasteiger partial charge in [0.2, 0.25) is 5.95 Å². The van der Waals surface area contributed by atoms with E-state index >= 15 is 0 Å². The van der Waals surface area contributed by atoms with Crippen molar-refractivity contribution in [3.05, 3.63) is 53.7 Å². The Morgan fingerprint density at radius 3 is 2.36 bits per heavy atom. The van der Waals surface area contributed by atoms with Gasteiger partial charge in [0.1, 0.15) is 11.4 Å². The second-order valence-electron chi connectivity index (χ2n) is 10.8. The number of ether oxygens (including phenoxy) is 3. The third-order valence-electron chi connectivity index (χ3n) is 8.00. The minimum atomic E-state index is -0.194. The molecule has 2 N–H and O–H groups in total. The largest absolute Gasteiger partial charge is 0.495 e. The van der Waals surface area contributed by atoms with Crippen molar-refractivity contribution in [1.82, 2.24) is 25.2 Å². The number of nitrogens with zero attached hydrogens (tertiary/aromatic N) is 6. The molecular formula is C31H40N8O5. The molecule has 0 saturated carbocycles. The topological polar surface area (TPSA) is 125 Å². The van der Waals surface area contributed by atoms with Gasteiger partial charge in [-0.3, -0.25) is 14.7 Å². The average molecular weight is 605 g/mol. The average Bonchev–Trinajstić information content (AvgIpc) is 3.04. The standard InChI is InChI=1S/C31H40N8O5/c1-7-38-31(41)37(3)24-18-32-30(35-28(24)39(38)19-20-8-11-25(42-4)27(16-20)44-6)34-23-10-9-21(17-26(23)43-5)29(40)33-22-12-14-36(2)15-13-22/h8-11,16-18,22H,7,12-15,19H2,1-6H3,(H,33,40)(H,32,34,35). The van der Waals surface area contributed by atoms with Crippen LogP contribution in [0.1, 0.15) is 35.7 Å². The van der Waals surface area contributed by atoms with E-state index in [0.717, 1.165) is 31.5 Å². The van der Waals surface area contributed by atoms with E-state index in [-0.39, 0.29) is 18.0 Å². The molecule has 1 saturated heterocycles. The fraction of sp³-hybridized carbons (Fsp3) is 0.419. The van der Waals surface area contributed by atoms with Crippen LogP contribution < -0.4 is 34.8 Å². The minimum Gasteiger partial charge on any atom is -0.495 e. The second-order valence-corrected chi connectivity index (χ2v) is 10.8. The van der Waals surface area contributed by atoms with Crippen LogP contribution in [-0.4, -0.2) is 92.9 Å². The van der Waals surface area contributed by atoms with Gasteiger partial charge in [0.15, 0.2) is 17.3 Å². The van der Waals surface area contributed by atoms with Crippen molar-refractivity contribution in [3.8, 4) is 17.2 Å². The predicted octanol–water partition coefficient (Wildman–Crippen LogP) is 3.88. The lowest BCUT2D eigenvalue weighted by atomic mass is 10.0. The smallest absolute Gasteiger partial charge is 0.343 e. The van der Waals surface area contributed by atoms with Crippen LogP contribution in [0.15, 0.2) is 42.6 Å². The van der Waals surface area contributed by atoms with Crippen LogP contribution in [0.3, 0.4) is 0 Å². The maximum absolute atomic E-state index is 13.3. The zero-order valence-electron chi connectivity index (χ0n) is 26.1. The van der Waals surface area contributed by atoms with Gasteiger partial charge in [-0.15, -0.1) is 0 Å². The summed E-state index contributed by atoms with van der Waals surface area (Å²) in [4.78, 5) is 39.4. The Kier molecular flexibility index (Phi) is 9.23. The van der Waals surface area contributed by atoms with E-state index < -0.39 is 0 Å². The number of benzene rings is 2. The predicted molar refractivity (Wildman–Crippen MR) is 168 cm³/mol. The Balaban J connectivity index is 1.40. The summed E-state index contributed by atoms with van der Waals surface area (Å²) in [5.74, 6) is 2.41. The van der Waals surface area contributed by atoms with Crippen molar-refractivity contribution in [2.75, 3.05) is 70.3 Å². The molecule has 2 aromatic carbocycles. The van der Waals surface area contributed by atoms with Gasteiger partial charge >= 0.3 is 6.03 Å². The Morgan fingerprint density at radius 1 is 0.955 bits per heavy atom. The molecule has 1 aromatic heterocycles. The Labute approximate surface area is 257 Å². The highest BCUT2D eigenvalue weighted by Crippen LogP contribution is 2.37. The highest BCUT2D eigenvalue weighted by atomic mass is 16.5. The Morgan fingerprint density at radius 2 is 1.68 bits per heavy atom. The quantitative estimate of drug-likeness (QED) is 0.352.